The topological polar surface area (TPSA) is 97.2 Å². The third-order valence-corrected chi connectivity index (χ3v) is 6.09. The molecule has 0 radical (unpaired) electrons. The van der Waals surface area contributed by atoms with Crippen molar-refractivity contribution in [1.29, 1.82) is 0 Å². The third kappa shape index (κ3) is 4.85. The highest BCUT2D eigenvalue weighted by Crippen LogP contribution is 2.17. The molecule has 0 amide bonds. The number of nitrogens with one attached hydrogen (secondary N) is 2. The SMILES string of the molecule is CCCCn1c(=O)[nH]c(=O)c2c1nc(CNC(CN1CCOCC1)c1ccccc1)n2C. The Morgan fingerprint density at radius 3 is 2.66 bits per heavy atom. The Morgan fingerprint density at radius 1 is 1.19 bits per heavy atom. The van der Waals surface area contributed by atoms with Crippen molar-refractivity contribution >= 4 is 11.2 Å². The highest BCUT2D eigenvalue weighted by molar-refractivity contribution is 5.70. The van der Waals surface area contributed by atoms with E-state index in [1.165, 1.54) is 5.56 Å². The minimum absolute atomic E-state index is 0.106. The van der Waals surface area contributed by atoms with Crippen LogP contribution in [0.2, 0.25) is 0 Å². The van der Waals surface area contributed by atoms with Crippen LogP contribution < -0.4 is 16.6 Å². The monoisotopic (exact) mass is 440 g/mol. The van der Waals surface area contributed by atoms with Crippen molar-refractivity contribution < 1.29 is 4.74 Å². The zero-order valence-corrected chi connectivity index (χ0v) is 18.8. The fraction of sp³-hybridized carbons (Fsp3) is 0.522. The van der Waals surface area contributed by atoms with Crippen LogP contribution in [-0.4, -0.2) is 56.9 Å². The van der Waals surface area contributed by atoms with Crippen molar-refractivity contribution in [1.82, 2.24) is 29.3 Å². The van der Waals surface area contributed by atoms with Crippen molar-refractivity contribution in [3.8, 4) is 0 Å². The number of benzene rings is 1. The number of H-pyrrole nitrogens is 1. The smallest absolute Gasteiger partial charge is 0.330 e. The number of unbranched alkanes of at least 4 members (excludes halogenated alkanes) is 1. The van der Waals surface area contributed by atoms with E-state index in [4.69, 9.17) is 9.72 Å². The fourth-order valence-corrected chi connectivity index (χ4v) is 4.20. The molecule has 3 heterocycles. The summed E-state index contributed by atoms with van der Waals surface area (Å²) >= 11 is 0. The maximum atomic E-state index is 12.5. The van der Waals surface area contributed by atoms with Crippen LogP contribution >= 0.6 is 0 Å². The number of aryl methyl sites for hydroxylation is 2. The number of ether oxygens (including phenoxy) is 1. The largest absolute Gasteiger partial charge is 0.379 e. The van der Waals surface area contributed by atoms with Crippen LogP contribution in [0.25, 0.3) is 11.2 Å². The summed E-state index contributed by atoms with van der Waals surface area (Å²) in [6, 6.07) is 10.5. The maximum Gasteiger partial charge on any atom is 0.330 e. The molecule has 1 saturated heterocycles. The molecule has 9 heteroatoms. The van der Waals surface area contributed by atoms with Gasteiger partial charge in [0.05, 0.1) is 19.8 Å². The van der Waals surface area contributed by atoms with E-state index in [1.54, 1.807) is 9.13 Å². The maximum absolute atomic E-state index is 12.5. The van der Waals surface area contributed by atoms with Gasteiger partial charge in [-0.05, 0) is 12.0 Å². The fourth-order valence-electron chi connectivity index (χ4n) is 4.20. The quantitative estimate of drug-likeness (QED) is 0.522. The molecule has 1 aliphatic rings. The Labute approximate surface area is 187 Å². The number of imidazole rings is 1. The van der Waals surface area contributed by atoms with E-state index in [0.717, 1.165) is 51.5 Å². The van der Waals surface area contributed by atoms with E-state index < -0.39 is 11.2 Å². The van der Waals surface area contributed by atoms with Gasteiger partial charge in [-0.3, -0.25) is 19.2 Å². The Morgan fingerprint density at radius 2 is 1.94 bits per heavy atom. The van der Waals surface area contributed by atoms with Gasteiger partial charge < -0.3 is 14.6 Å². The molecule has 3 aromatic rings. The molecule has 0 bridgehead atoms. The van der Waals surface area contributed by atoms with E-state index in [1.807, 2.05) is 25.2 Å². The normalized spacial score (nSPS) is 15.9. The van der Waals surface area contributed by atoms with Gasteiger partial charge in [-0.2, -0.15) is 0 Å². The second kappa shape index (κ2) is 10.2. The molecule has 1 atom stereocenters. The standard InChI is InChI=1S/C23H32N6O3/c1-3-4-10-29-21-20(22(30)26-23(29)31)27(2)19(25-21)15-24-18(17-8-6-5-7-9-17)16-28-11-13-32-14-12-28/h5-9,18,24H,3-4,10-16H2,1-2H3,(H,26,30,31). The zero-order valence-electron chi connectivity index (χ0n) is 18.8. The van der Waals surface area contributed by atoms with E-state index in [2.05, 4.69) is 34.3 Å². The van der Waals surface area contributed by atoms with Gasteiger partial charge in [0.15, 0.2) is 11.2 Å². The second-order valence-electron chi connectivity index (χ2n) is 8.28. The van der Waals surface area contributed by atoms with Gasteiger partial charge in [0.2, 0.25) is 0 Å². The van der Waals surface area contributed by atoms with Gasteiger partial charge in [0.1, 0.15) is 5.82 Å². The summed E-state index contributed by atoms with van der Waals surface area (Å²) in [6.45, 7) is 7.28. The summed E-state index contributed by atoms with van der Waals surface area (Å²) in [5.74, 6) is 0.726. The molecule has 1 aromatic carbocycles. The first kappa shape index (κ1) is 22.4. The Balaban J connectivity index is 1.60. The average molecular weight is 441 g/mol. The van der Waals surface area contributed by atoms with Crippen LogP contribution in [0.4, 0.5) is 0 Å². The van der Waals surface area contributed by atoms with Crippen LogP contribution in [-0.2, 0) is 24.9 Å². The number of morpholine rings is 1. The first-order chi connectivity index (χ1) is 15.6. The summed E-state index contributed by atoms with van der Waals surface area (Å²) in [5.41, 5.74) is 1.29. The first-order valence-corrected chi connectivity index (χ1v) is 11.3. The molecule has 9 nitrogen and oxygen atoms in total. The van der Waals surface area contributed by atoms with Gasteiger partial charge in [0.25, 0.3) is 5.56 Å². The van der Waals surface area contributed by atoms with Crippen molar-refractivity contribution in [2.24, 2.45) is 7.05 Å². The second-order valence-corrected chi connectivity index (χ2v) is 8.28. The molecule has 0 aliphatic carbocycles. The lowest BCUT2D eigenvalue weighted by molar-refractivity contribution is 0.0333. The van der Waals surface area contributed by atoms with Crippen molar-refractivity contribution in [3.05, 3.63) is 62.6 Å². The van der Waals surface area contributed by atoms with E-state index in [-0.39, 0.29) is 6.04 Å². The van der Waals surface area contributed by atoms with Crippen molar-refractivity contribution in [2.75, 3.05) is 32.8 Å². The lowest BCUT2D eigenvalue weighted by Gasteiger charge is -2.31. The summed E-state index contributed by atoms with van der Waals surface area (Å²) in [5, 5.41) is 3.63. The Kier molecular flexibility index (Phi) is 7.19. The van der Waals surface area contributed by atoms with Crippen molar-refractivity contribution in [3.63, 3.8) is 0 Å². The van der Waals surface area contributed by atoms with Gasteiger partial charge in [-0.15, -0.1) is 0 Å². The highest BCUT2D eigenvalue weighted by Gasteiger charge is 2.20. The van der Waals surface area contributed by atoms with Gasteiger partial charge >= 0.3 is 5.69 Å². The number of rotatable bonds is 9. The molecular formula is C23H32N6O3. The number of hydrogen-bond acceptors (Lipinski definition) is 6. The predicted molar refractivity (Wildman–Crippen MR) is 124 cm³/mol. The van der Waals surface area contributed by atoms with Crippen molar-refractivity contribution in [2.45, 2.75) is 38.9 Å². The average Bonchev–Trinajstić information content (AvgIpc) is 3.14. The minimum Gasteiger partial charge on any atom is -0.379 e. The van der Waals surface area contributed by atoms with Crippen LogP contribution in [0.3, 0.4) is 0 Å². The molecular weight excluding hydrogens is 408 g/mol. The molecule has 32 heavy (non-hydrogen) atoms. The predicted octanol–water partition coefficient (Wildman–Crippen LogP) is 1.39. The lowest BCUT2D eigenvalue weighted by Crippen LogP contribution is -2.41. The zero-order chi connectivity index (χ0) is 22.5. The van der Waals surface area contributed by atoms with Crippen LogP contribution in [0.1, 0.15) is 37.2 Å². The molecule has 4 rings (SSSR count). The summed E-state index contributed by atoms with van der Waals surface area (Å²) in [6.07, 6.45) is 1.80. The molecule has 0 saturated carbocycles. The first-order valence-electron chi connectivity index (χ1n) is 11.3. The minimum atomic E-state index is -0.400. The Bertz CT molecular complexity index is 1140. The summed E-state index contributed by atoms with van der Waals surface area (Å²) in [4.78, 5) is 34.4. The Hall–Kier alpha value is -2.75. The van der Waals surface area contributed by atoms with Crippen LogP contribution in [0.5, 0.6) is 0 Å². The number of aromatic amines is 1. The highest BCUT2D eigenvalue weighted by atomic mass is 16.5. The van der Waals surface area contributed by atoms with E-state index in [9.17, 15) is 9.59 Å². The summed E-state index contributed by atoms with van der Waals surface area (Å²) < 4.78 is 8.86. The van der Waals surface area contributed by atoms with E-state index in [0.29, 0.717) is 24.3 Å². The van der Waals surface area contributed by atoms with Crippen LogP contribution in [0.15, 0.2) is 39.9 Å². The summed E-state index contributed by atoms with van der Waals surface area (Å²) in [7, 11) is 1.83. The number of nitrogens with zero attached hydrogens (tertiary/aromatic N) is 4. The molecule has 2 aromatic heterocycles. The number of hydrogen-bond donors (Lipinski definition) is 2. The van der Waals surface area contributed by atoms with E-state index >= 15 is 0 Å². The number of fused-ring (bicyclic) bond motifs is 1. The molecule has 172 valence electrons. The molecule has 2 N–H and O–H groups in total. The lowest BCUT2D eigenvalue weighted by atomic mass is 10.1. The molecule has 1 unspecified atom stereocenters. The number of aromatic nitrogens is 4. The third-order valence-electron chi connectivity index (χ3n) is 6.09. The van der Waals surface area contributed by atoms with Gasteiger partial charge in [-0.1, -0.05) is 43.7 Å². The van der Waals surface area contributed by atoms with Crippen LogP contribution in [0, 0.1) is 0 Å². The van der Waals surface area contributed by atoms with Gasteiger partial charge in [0, 0.05) is 39.3 Å². The molecule has 0 spiro atoms. The molecule has 1 aliphatic heterocycles. The van der Waals surface area contributed by atoms with Gasteiger partial charge in [-0.25, -0.2) is 9.78 Å². The molecule has 1 fully saturated rings.